The quantitative estimate of drug-likeness (QED) is 0.468. The van der Waals surface area contributed by atoms with Crippen molar-refractivity contribution in [2.45, 2.75) is 20.0 Å². The van der Waals surface area contributed by atoms with Crippen molar-refractivity contribution in [2.24, 2.45) is 4.99 Å². The van der Waals surface area contributed by atoms with Crippen LogP contribution in [0.3, 0.4) is 0 Å². The summed E-state index contributed by atoms with van der Waals surface area (Å²) in [6.07, 6.45) is 0.845. The van der Waals surface area contributed by atoms with Gasteiger partial charge in [-0.2, -0.15) is 5.26 Å². The van der Waals surface area contributed by atoms with Crippen molar-refractivity contribution in [1.82, 2.24) is 14.7 Å². The number of amidine groups is 1. The molecule has 0 saturated carbocycles. The van der Waals surface area contributed by atoms with Crippen molar-refractivity contribution < 1.29 is 19.0 Å². The third-order valence-electron chi connectivity index (χ3n) is 6.42. The van der Waals surface area contributed by atoms with Crippen molar-refractivity contribution in [3.63, 3.8) is 0 Å². The summed E-state index contributed by atoms with van der Waals surface area (Å²) in [5, 5.41) is 9.83. The summed E-state index contributed by atoms with van der Waals surface area (Å²) in [7, 11) is 1.56. The molecule has 0 aromatic heterocycles. The molecule has 2 fully saturated rings. The highest BCUT2D eigenvalue weighted by Gasteiger charge is 2.25. The zero-order chi connectivity index (χ0) is 25.3. The molecule has 4 rings (SSSR count). The highest BCUT2D eigenvalue weighted by molar-refractivity contribution is 5.85. The van der Waals surface area contributed by atoms with Crippen molar-refractivity contribution in [1.29, 1.82) is 5.26 Å². The fourth-order valence-corrected chi connectivity index (χ4v) is 4.38. The Morgan fingerprint density at radius 3 is 2.44 bits per heavy atom. The van der Waals surface area contributed by atoms with Gasteiger partial charge in [0.2, 0.25) is 0 Å². The first-order valence-electron chi connectivity index (χ1n) is 12.3. The normalized spacial score (nSPS) is 16.8. The molecule has 0 radical (unpaired) electrons. The van der Waals surface area contributed by atoms with Gasteiger partial charge in [-0.3, -0.25) is 0 Å². The molecule has 0 bridgehead atoms. The van der Waals surface area contributed by atoms with Gasteiger partial charge in [0.1, 0.15) is 35.7 Å². The van der Waals surface area contributed by atoms with Crippen LogP contribution in [-0.2, 0) is 11.3 Å². The Balaban J connectivity index is 1.46. The zero-order valence-corrected chi connectivity index (χ0v) is 21.0. The third kappa shape index (κ3) is 6.26. The summed E-state index contributed by atoms with van der Waals surface area (Å²) in [6, 6.07) is 15.6. The summed E-state index contributed by atoms with van der Waals surface area (Å²) >= 11 is 0. The van der Waals surface area contributed by atoms with Crippen LogP contribution in [0.4, 0.5) is 10.5 Å². The molecule has 0 atom stereocenters. The predicted octanol–water partition coefficient (Wildman–Crippen LogP) is 3.66. The van der Waals surface area contributed by atoms with Gasteiger partial charge >= 0.3 is 6.03 Å². The zero-order valence-electron chi connectivity index (χ0n) is 21.0. The molecule has 9 heteroatoms. The number of urea groups is 1. The van der Waals surface area contributed by atoms with E-state index in [1.54, 1.807) is 19.2 Å². The van der Waals surface area contributed by atoms with E-state index in [0.29, 0.717) is 75.3 Å². The minimum Gasteiger partial charge on any atom is -0.494 e. The number of amides is 2. The van der Waals surface area contributed by atoms with Crippen molar-refractivity contribution in [3.05, 3.63) is 53.6 Å². The van der Waals surface area contributed by atoms with Crippen LogP contribution < -0.4 is 9.47 Å². The van der Waals surface area contributed by atoms with E-state index in [9.17, 15) is 10.1 Å². The lowest BCUT2D eigenvalue weighted by Crippen LogP contribution is -2.49. The Kier molecular flexibility index (Phi) is 8.63. The number of nitriles is 1. The molecule has 2 aliphatic heterocycles. The highest BCUT2D eigenvalue weighted by atomic mass is 16.5. The number of carbonyl (C=O) groups is 1. The third-order valence-corrected chi connectivity index (χ3v) is 6.42. The van der Waals surface area contributed by atoms with E-state index >= 15 is 0 Å². The average molecular weight is 492 g/mol. The summed E-state index contributed by atoms with van der Waals surface area (Å²) in [5.74, 6) is 1.81. The number of methoxy groups -OCH3 is 1. The van der Waals surface area contributed by atoms with Gasteiger partial charge in [0, 0.05) is 51.4 Å². The Bertz CT molecular complexity index is 1110. The summed E-state index contributed by atoms with van der Waals surface area (Å²) < 4.78 is 16.9. The lowest BCUT2D eigenvalue weighted by molar-refractivity contribution is 0.0437. The molecule has 2 heterocycles. The van der Waals surface area contributed by atoms with Crippen LogP contribution in [0.2, 0.25) is 0 Å². The second-order valence-electron chi connectivity index (χ2n) is 8.78. The summed E-state index contributed by atoms with van der Waals surface area (Å²) in [5.41, 5.74) is 1.90. The monoisotopic (exact) mass is 491 g/mol. The minimum absolute atomic E-state index is 0.0780. The highest BCUT2D eigenvalue weighted by Crippen LogP contribution is 2.36. The number of aliphatic imine (C=N–C) groups is 1. The van der Waals surface area contributed by atoms with Crippen LogP contribution in [0, 0.1) is 11.3 Å². The second-order valence-corrected chi connectivity index (χ2v) is 8.78. The Hall–Kier alpha value is -3.77. The van der Waals surface area contributed by atoms with E-state index in [4.69, 9.17) is 19.2 Å². The molecule has 0 aliphatic carbocycles. The number of benzene rings is 2. The van der Waals surface area contributed by atoms with E-state index < -0.39 is 0 Å². The number of carbonyl (C=O) groups excluding carboxylic acids is 1. The van der Waals surface area contributed by atoms with E-state index in [-0.39, 0.29) is 6.03 Å². The molecule has 0 unspecified atom stereocenters. The van der Waals surface area contributed by atoms with Crippen LogP contribution in [0.25, 0.3) is 0 Å². The van der Waals surface area contributed by atoms with Crippen LogP contribution in [0.1, 0.15) is 24.5 Å². The molecule has 2 saturated heterocycles. The predicted molar refractivity (Wildman–Crippen MR) is 137 cm³/mol. The van der Waals surface area contributed by atoms with E-state index in [2.05, 4.69) is 11.0 Å². The molecule has 190 valence electrons. The molecule has 9 nitrogen and oxygen atoms in total. The van der Waals surface area contributed by atoms with Crippen molar-refractivity contribution >= 4 is 17.6 Å². The van der Waals surface area contributed by atoms with Crippen LogP contribution >= 0.6 is 0 Å². The number of hydrogen-bond acceptors (Lipinski definition) is 6. The van der Waals surface area contributed by atoms with Crippen LogP contribution in [0.5, 0.6) is 11.5 Å². The second kappa shape index (κ2) is 12.3. The average Bonchev–Trinajstić information content (AvgIpc) is 3.19. The first-order chi connectivity index (χ1) is 17.6. The standard InChI is InChI=1S/C27H33N5O4/c1-21(30-9-6-10-31(12-11-30)27(33)32-13-15-35-16-14-32)29-26-23(19-28)17-24(18-25(26)34-2)36-20-22-7-4-3-5-8-22/h3-5,7-8,17-18H,6,9-16,20H2,1-2H3. The lowest BCUT2D eigenvalue weighted by atomic mass is 10.1. The van der Waals surface area contributed by atoms with Gasteiger partial charge in [-0.15, -0.1) is 0 Å². The number of ether oxygens (including phenoxy) is 3. The Morgan fingerprint density at radius 1 is 1.03 bits per heavy atom. The molecule has 0 spiro atoms. The molecule has 2 aromatic carbocycles. The number of nitrogens with zero attached hydrogens (tertiary/aromatic N) is 5. The number of rotatable bonds is 5. The Morgan fingerprint density at radius 2 is 1.72 bits per heavy atom. The molecule has 2 aliphatic rings. The summed E-state index contributed by atoms with van der Waals surface area (Å²) in [6.45, 7) is 7.58. The maximum Gasteiger partial charge on any atom is 0.320 e. The molecular weight excluding hydrogens is 458 g/mol. The van der Waals surface area contributed by atoms with E-state index in [0.717, 1.165) is 24.4 Å². The Labute approximate surface area is 212 Å². The van der Waals surface area contributed by atoms with Gasteiger partial charge in [0.05, 0.1) is 25.9 Å². The topological polar surface area (TPSA) is 90.6 Å². The van der Waals surface area contributed by atoms with E-state index in [1.165, 1.54) is 0 Å². The van der Waals surface area contributed by atoms with E-state index in [1.807, 2.05) is 47.1 Å². The maximum atomic E-state index is 12.9. The van der Waals surface area contributed by atoms with Crippen LogP contribution in [0.15, 0.2) is 47.5 Å². The molecule has 36 heavy (non-hydrogen) atoms. The molecule has 2 aromatic rings. The molecule has 2 amide bonds. The largest absolute Gasteiger partial charge is 0.494 e. The fraction of sp³-hybridized carbons (Fsp3) is 0.444. The molecular formula is C27H33N5O4. The minimum atomic E-state index is 0.0780. The SMILES string of the molecule is COc1cc(OCc2ccccc2)cc(C#N)c1N=C(C)N1CCCN(C(=O)N2CCOCC2)CC1. The first kappa shape index (κ1) is 25.3. The summed E-state index contributed by atoms with van der Waals surface area (Å²) in [4.78, 5) is 23.6. The van der Waals surface area contributed by atoms with Gasteiger partial charge < -0.3 is 28.9 Å². The lowest BCUT2D eigenvalue weighted by Gasteiger charge is -2.32. The molecule has 0 N–H and O–H groups in total. The maximum absolute atomic E-state index is 12.9. The van der Waals surface area contributed by atoms with Gasteiger partial charge in [0.15, 0.2) is 0 Å². The van der Waals surface area contributed by atoms with Crippen molar-refractivity contribution in [3.8, 4) is 17.6 Å². The number of morpholine rings is 1. The van der Waals surface area contributed by atoms with Gasteiger partial charge in [-0.1, -0.05) is 30.3 Å². The smallest absolute Gasteiger partial charge is 0.320 e. The van der Waals surface area contributed by atoms with Gasteiger partial charge in [-0.25, -0.2) is 9.79 Å². The first-order valence-corrected chi connectivity index (χ1v) is 12.3. The van der Waals surface area contributed by atoms with Gasteiger partial charge in [0.25, 0.3) is 0 Å². The van der Waals surface area contributed by atoms with Crippen molar-refractivity contribution in [2.75, 3.05) is 59.6 Å². The number of hydrogen-bond donors (Lipinski definition) is 0. The van der Waals surface area contributed by atoms with Gasteiger partial charge in [-0.05, 0) is 18.9 Å². The van der Waals surface area contributed by atoms with Crippen LogP contribution in [-0.4, -0.2) is 86.2 Å². The fourth-order valence-electron chi connectivity index (χ4n) is 4.38.